The highest BCUT2D eigenvalue weighted by molar-refractivity contribution is 5.69. The molecule has 0 bridgehead atoms. The minimum absolute atomic E-state index is 0.0734. The average molecular weight is 286 g/mol. The van der Waals surface area contributed by atoms with Crippen molar-refractivity contribution in [1.82, 2.24) is 0 Å². The van der Waals surface area contributed by atoms with E-state index in [0.29, 0.717) is 19.6 Å². The largest absolute Gasteiger partial charge is 0.463 e. The van der Waals surface area contributed by atoms with Gasteiger partial charge in [0, 0.05) is 13.0 Å². The zero-order valence-corrected chi connectivity index (χ0v) is 13.6. The maximum atomic E-state index is 11.4. The molecule has 0 aliphatic heterocycles. The van der Waals surface area contributed by atoms with E-state index in [9.17, 15) is 4.79 Å². The van der Waals surface area contributed by atoms with Crippen molar-refractivity contribution >= 4 is 5.97 Å². The van der Waals surface area contributed by atoms with Gasteiger partial charge in [0.1, 0.15) is 6.61 Å². The summed E-state index contributed by atoms with van der Waals surface area (Å²) in [6, 6.07) is 0. The number of hydrogen-bond acceptors (Lipinski definition) is 3. The molecule has 120 valence electrons. The monoisotopic (exact) mass is 286 g/mol. The molecule has 0 spiro atoms. The SMILES string of the molecule is CCCCCCCCCC(=O)OCCOCCCCC. The fourth-order valence-electron chi connectivity index (χ4n) is 2.07. The van der Waals surface area contributed by atoms with Crippen LogP contribution in [-0.4, -0.2) is 25.8 Å². The van der Waals surface area contributed by atoms with Gasteiger partial charge in [0.2, 0.25) is 0 Å². The number of hydrogen-bond donors (Lipinski definition) is 0. The number of ether oxygens (including phenoxy) is 2. The van der Waals surface area contributed by atoms with Crippen molar-refractivity contribution in [2.75, 3.05) is 19.8 Å². The van der Waals surface area contributed by atoms with Gasteiger partial charge >= 0.3 is 5.97 Å². The minimum Gasteiger partial charge on any atom is -0.463 e. The van der Waals surface area contributed by atoms with E-state index in [4.69, 9.17) is 9.47 Å². The van der Waals surface area contributed by atoms with Crippen LogP contribution in [0.2, 0.25) is 0 Å². The quantitative estimate of drug-likeness (QED) is 0.318. The maximum absolute atomic E-state index is 11.4. The summed E-state index contributed by atoms with van der Waals surface area (Å²) in [4.78, 5) is 11.4. The van der Waals surface area contributed by atoms with E-state index in [1.807, 2.05) is 0 Å². The molecule has 0 aliphatic carbocycles. The first-order valence-corrected chi connectivity index (χ1v) is 8.54. The first-order valence-electron chi connectivity index (χ1n) is 8.54. The van der Waals surface area contributed by atoms with Crippen molar-refractivity contribution in [3.05, 3.63) is 0 Å². The van der Waals surface area contributed by atoms with Crippen LogP contribution >= 0.6 is 0 Å². The summed E-state index contributed by atoms with van der Waals surface area (Å²) >= 11 is 0. The lowest BCUT2D eigenvalue weighted by atomic mass is 10.1. The van der Waals surface area contributed by atoms with Crippen LogP contribution in [0.1, 0.15) is 84.5 Å². The summed E-state index contributed by atoms with van der Waals surface area (Å²) < 4.78 is 10.5. The Kier molecular flexibility index (Phi) is 16.0. The molecule has 20 heavy (non-hydrogen) atoms. The van der Waals surface area contributed by atoms with Gasteiger partial charge in [-0.25, -0.2) is 0 Å². The maximum Gasteiger partial charge on any atom is 0.305 e. The summed E-state index contributed by atoms with van der Waals surface area (Å²) in [5.74, 6) is -0.0734. The molecule has 0 aromatic carbocycles. The van der Waals surface area contributed by atoms with Crippen LogP contribution in [-0.2, 0) is 14.3 Å². The number of rotatable bonds is 15. The third kappa shape index (κ3) is 15.5. The lowest BCUT2D eigenvalue weighted by Crippen LogP contribution is -2.10. The zero-order valence-electron chi connectivity index (χ0n) is 13.6. The van der Waals surface area contributed by atoms with Crippen molar-refractivity contribution in [2.45, 2.75) is 84.5 Å². The second-order valence-corrected chi connectivity index (χ2v) is 5.41. The van der Waals surface area contributed by atoms with Gasteiger partial charge in [-0.05, 0) is 12.8 Å². The average Bonchev–Trinajstić information content (AvgIpc) is 2.45. The van der Waals surface area contributed by atoms with Crippen molar-refractivity contribution in [3.63, 3.8) is 0 Å². The predicted molar refractivity (Wildman–Crippen MR) is 83.9 cm³/mol. The third-order valence-electron chi connectivity index (χ3n) is 3.37. The topological polar surface area (TPSA) is 35.5 Å². The molecule has 0 aromatic heterocycles. The first kappa shape index (κ1) is 19.4. The number of esters is 1. The summed E-state index contributed by atoms with van der Waals surface area (Å²) in [5, 5.41) is 0. The Balaban J connectivity index is 3.13. The van der Waals surface area contributed by atoms with Gasteiger partial charge in [0.15, 0.2) is 0 Å². The molecule has 0 saturated heterocycles. The van der Waals surface area contributed by atoms with Crippen molar-refractivity contribution in [1.29, 1.82) is 0 Å². The Bertz CT molecular complexity index is 184. The molecule has 3 nitrogen and oxygen atoms in total. The van der Waals surface area contributed by atoms with Crippen molar-refractivity contribution in [3.8, 4) is 0 Å². The molecular formula is C17H34O3. The molecular weight excluding hydrogens is 252 g/mol. The van der Waals surface area contributed by atoms with E-state index in [2.05, 4.69) is 13.8 Å². The standard InChI is InChI=1S/C17H34O3/c1-3-5-7-8-9-10-11-13-17(18)20-16-15-19-14-12-6-4-2/h3-16H2,1-2H3. The highest BCUT2D eigenvalue weighted by Gasteiger charge is 2.02. The minimum atomic E-state index is -0.0734. The normalized spacial score (nSPS) is 10.7. The molecule has 3 heteroatoms. The lowest BCUT2D eigenvalue weighted by Gasteiger charge is -2.06. The Hall–Kier alpha value is -0.570. The molecule has 0 rings (SSSR count). The van der Waals surface area contributed by atoms with E-state index in [-0.39, 0.29) is 5.97 Å². The van der Waals surface area contributed by atoms with E-state index in [1.54, 1.807) is 0 Å². The molecule has 0 unspecified atom stereocenters. The van der Waals surface area contributed by atoms with Crippen LogP contribution in [0.4, 0.5) is 0 Å². The summed E-state index contributed by atoms with van der Waals surface area (Å²) in [6.07, 6.45) is 12.7. The predicted octanol–water partition coefficient (Wildman–Crippen LogP) is 4.88. The second kappa shape index (κ2) is 16.5. The van der Waals surface area contributed by atoms with Crippen LogP contribution in [0.3, 0.4) is 0 Å². The fraction of sp³-hybridized carbons (Fsp3) is 0.941. The highest BCUT2D eigenvalue weighted by atomic mass is 16.6. The van der Waals surface area contributed by atoms with Gasteiger partial charge in [0.25, 0.3) is 0 Å². The summed E-state index contributed by atoms with van der Waals surface area (Å²) in [6.45, 7) is 6.12. The number of unbranched alkanes of at least 4 members (excludes halogenated alkanes) is 8. The zero-order chi connectivity index (χ0) is 14.9. The van der Waals surface area contributed by atoms with Gasteiger partial charge < -0.3 is 9.47 Å². The lowest BCUT2D eigenvalue weighted by molar-refractivity contribution is -0.145. The Morgan fingerprint density at radius 2 is 1.30 bits per heavy atom. The highest BCUT2D eigenvalue weighted by Crippen LogP contribution is 2.08. The fourth-order valence-corrected chi connectivity index (χ4v) is 2.07. The van der Waals surface area contributed by atoms with E-state index in [1.165, 1.54) is 44.9 Å². The van der Waals surface area contributed by atoms with Crippen LogP contribution in [0.15, 0.2) is 0 Å². The molecule has 0 heterocycles. The van der Waals surface area contributed by atoms with Crippen LogP contribution in [0, 0.1) is 0 Å². The third-order valence-corrected chi connectivity index (χ3v) is 3.37. The smallest absolute Gasteiger partial charge is 0.305 e. The van der Waals surface area contributed by atoms with E-state index >= 15 is 0 Å². The second-order valence-electron chi connectivity index (χ2n) is 5.41. The van der Waals surface area contributed by atoms with Crippen molar-refractivity contribution in [2.24, 2.45) is 0 Å². The number of carbonyl (C=O) groups is 1. The summed E-state index contributed by atoms with van der Waals surface area (Å²) in [7, 11) is 0. The Labute approximate surface area is 125 Å². The molecule has 0 aliphatic rings. The van der Waals surface area contributed by atoms with Gasteiger partial charge in [-0.2, -0.15) is 0 Å². The van der Waals surface area contributed by atoms with Crippen LogP contribution < -0.4 is 0 Å². The molecule has 0 atom stereocenters. The Morgan fingerprint density at radius 3 is 2.00 bits per heavy atom. The van der Waals surface area contributed by atoms with Gasteiger partial charge in [0.05, 0.1) is 6.61 Å². The van der Waals surface area contributed by atoms with Gasteiger partial charge in [-0.15, -0.1) is 0 Å². The van der Waals surface area contributed by atoms with Crippen LogP contribution in [0.5, 0.6) is 0 Å². The molecule has 0 amide bonds. The summed E-state index contributed by atoms with van der Waals surface area (Å²) in [5.41, 5.74) is 0. The molecule has 0 radical (unpaired) electrons. The molecule has 0 fully saturated rings. The Morgan fingerprint density at radius 1 is 0.700 bits per heavy atom. The first-order chi connectivity index (χ1) is 9.81. The van der Waals surface area contributed by atoms with Gasteiger partial charge in [-0.1, -0.05) is 65.2 Å². The van der Waals surface area contributed by atoms with E-state index < -0.39 is 0 Å². The molecule has 0 aromatic rings. The van der Waals surface area contributed by atoms with Crippen LogP contribution in [0.25, 0.3) is 0 Å². The molecule has 0 saturated carbocycles. The van der Waals surface area contributed by atoms with E-state index in [0.717, 1.165) is 25.9 Å². The van der Waals surface area contributed by atoms with Crippen molar-refractivity contribution < 1.29 is 14.3 Å². The van der Waals surface area contributed by atoms with Gasteiger partial charge in [-0.3, -0.25) is 4.79 Å². The molecule has 0 N–H and O–H groups in total. The number of carbonyl (C=O) groups excluding carboxylic acids is 1.